The Hall–Kier alpha value is -2.28. The third kappa shape index (κ3) is 2.93. The number of thiazole rings is 1. The van der Waals surface area contributed by atoms with Gasteiger partial charge in [-0.25, -0.2) is 9.97 Å². The zero-order valence-corrected chi connectivity index (χ0v) is 15.5. The van der Waals surface area contributed by atoms with E-state index in [1.807, 2.05) is 27.0 Å². The van der Waals surface area contributed by atoms with Gasteiger partial charge in [-0.15, -0.1) is 11.3 Å². The normalized spacial score (nSPS) is 14.4. The van der Waals surface area contributed by atoms with Crippen LogP contribution in [0.4, 0.5) is 5.13 Å². The average Bonchev–Trinajstić information content (AvgIpc) is 2.98. The Kier molecular flexibility index (Phi) is 4.03. The molecule has 130 valence electrons. The summed E-state index contributed by atoms with van der Waals surface area (Å²) >= 11 is 1.61. The molecule has 0 saturated heterocycles. The number of amides is 1. The average molecular weight is 355 g/mol. The summed E-state index contributed by atoms with van der Waals surface area (Å²) in [7, 11) is 1.85. The van der Waals surface area contributed by atoms with Crippen molar-refractivity contribution >= 4 is 33.4 Å². The van der Waals surface area contributed by atoms with E-state index < -0.39 is 0 Å². The van der Waals surface area contributed by atoms with Gasteiger partial charge < -0.3 is 0 Å². The molecule has 1 aliphatic rings. The number of anilines is 1. The first-order valence-electron chi connectivity index (χ1n) is 8.64. The number of aromatic nitrogens is 4. The number of nitrogens with one attached hydrogen (secondary N) is 1. The van der Waals surface area contributed by atoms with Gasteiger partial charge in [-0.1, -0.05) is 6.42 Å². The SMILES string of the molecule is Cc1cc(C(=O)Nc2nc3c(s2)CCCCC3)c2c(C)nn(C)c2n1. The summed E-state index contributed by atoms with van der Waals surface area (Å²) in [5.74, 6) is -0.143. The molecule has 0 atom stereocenters. The molecule has 1 amide bonds. The first-order valence-corrected chi connectivity index (χ1v) is 9.45. The molecule has 0 unspecified atom stereocenters. The van der Waals surface area contributed by atoms with Crippen LogP contribution in [0.1, 0.15) is 51.6 Å². The van der Waals surface area contributed by atoms with E-state index in [1.54, 1.807) is 16.0 Å². The van der Waals surface area contributed by atoms with Crippen molar-refractivity contribution in [3.05, 3.63) is 33.6 Å². The minimum absolute atomic E-state index is 0.143. The van der Waals surface area contributed by atoms with Crippen LogP contribution in [0, 0.1) is 13.8 Å². The number of carbonyl (C=O) groups excluding carboxylic acids is 1. The van der Waals surface area contributed by atoms with E-state index in [0.29, 0.717) is 10.7 Å². The third-order valence-corrected chi connectivity index (χ3v) is 5.73. The first kappa shape index (κ1) is 16.2. The molecule has 0 radical (unpaired) electrons. The summed E-state index contributed by atoms with van der Waals surface area (Å²) in [6, 6.07) is 1.82. The van der Waals surface area contributed by atoms with Gasteiger partial charge in [0.05, 0.1) is 22.3 Å². The Morgan fingerprint density at radius 2 is 2.00 bits per heavy atom. The van der Waals surface area contributed by atoms with E-state index in [4.69, 9.17) is 0 Å². The van der Waals surface area contributed by atoms with Crippen molar-refractivity contribution in [2.24, 2.45) is 7.05 Å². The van der Waals surface area contributed by atoms with Crippen LogP contribution in [0.3, 0.4) is 0 Å². The highest BCUT2D eigenvalue weighted by Gasteiger charge is 2.20. The fourth-order valence-electron chi connectivity index (χ4n) is 3.50. The maximum absolute atomic E-state index is 12.9. The maximum atomic E-state index is 12.9. The molecular weight excluding hydrogens is 334 g/mol. The molecular formula is C18H21N5OS. The molecule has 3 aromatic heterocycles. The number of aryl methyl sites for hydroxylation is 5. The second-order valence-electron chi connectivity index (χ2n) is 6.62. The van der Waals surface area contributed by atoms with Gasteiger partial charge in [0.1, 0.15) is 0 Å². The van der Waals surface area contributed by atoms with Crippen molar-refractivity contribution in [3.8, 4) is 0 Å². The lowest BCUT2D eigenvalue weighted by Gasteiger charge is -2.06. The van der Waals surface area contributed by atoms with Crippen LogP contribution in [-0.4, -0.2) is 25.7 Å². The summed E-state index contributed by atoms with van der Waals surface area (Å²) in [5, 5.41) is 8.91. The molecule has 0 spiro atoms. The number of rotatable bonds is 2. The monoisotopic (exact) mass is 355 g/mol. The molecule has 0 aliphatic heterocycles. The minimum atomic E-state index is -0.143. The van der Waals surface area contributed by atoms with E-state index in [2.05, 4.69) is 20.4 Å². The maximum Gasteiger partial charge on any atom is 0.258 e. The van der Waals surface area contributed by atoms with Crippen LogP contribution in [0.15, 0.2) is 6.07 Å². The van der Waals surface area contributed by atoms with Crippen LogP contribution in [0.25, 0.3) is 11.0 Å². The Morgan fingerprint density at radius 1 is 1.20 bits per heavy atom. The Balaban J connectivity index is 1.69. The van der Waals surface area contributed by atoms with Gasteiger partial charge in [0.25, 0.3) is 5.91 Å². The van der Waals surface area contributed by atoms with Gasteiger partial charge in [0, 0.05) is 17.6 Å². The van der Waals surface area contributed by atoms with Crippen LogP contribution >= 0.6 is 11.3 Å². The van der Waals surface area contributed by atoms with Gasteiger partial charge in [-0.05, 0) is 45.6 Å². The van der Waals surface area contributed by atoms with Crippen molar-refractivity contribution in [1.29, 1.82) is 0 Å². The quantitative estimate of drug-likeness (QED) is 0.713. The number of fused-ring (bicyclic) bond motifs is 2. The predicted molar refractivity (Wildman–Crippen MR) is 99.3 cm³/mol. The molecule has 6 nitrogen and oxygen atoms in total. The molecule has 0 fully saturated rings. The Morgan fingerprint density at radius 3 is 2.84 bits per heavy atom. The van der Waals surface area contributed by atoms with E-state index in [9.17, 15) is 4.79 Å². The smallest absolute Gasteiger partial charge is 0.258 e. The van der Waals surface area contributed by atoms with E-state index in [1.165, 1.54) is 24.1 Å². The number of pyridine rings is 1. The predicted octanol–water partition coefficient (Wildman–Crippen LogP) is 3.56. The minimum Gasteiger partial charge on any atom is -0.298 e. The van der Waals surface area contributed by atoms with Gasteiger partial charge in [0.2, 0.25) is 0 Å². The fourth-order valence-corrected chi connectivity index (χ4v) is 4.54. The molecule has 0 saturated carbocycles. The topological polar surface area (TPSA) is 72.7 Å². The van der Waals surface area contributed by atoms with Crippen molar-refractivity contribution in [1.82, 2.24) is 19.7 Å². The third-order valence-electron chi connectivity index (χ3n) is 4.66. The van der Waals surface area contributed by atoms with E-state index in [-0.39, 0.29) is 5.91 Å². The summed E-state index contributed by atoms with van der Waals surface area (Å²) in [5.41, 5.74) is 4.11. The molecule has 0 bridgehead atoms. The largest absolute Gasteiger partial charge is 0.298 e. The van der Waals surface area contributed by atoms with E-state index in [0.717, 1.165) is 41.0 Å². The lowest BCUT2D eigenvalue weighted by Crippen LogP contribution is -2.13. The van der Waals surface area contributed by atoms with Crippen molar-refractivity contribution in [2.45, 2.75) is 46.0 Å². The lowest BCUT2D eigenvalue weighted by atomic mass is 10.1. The van der Waals surface area contributed by atoms with Crippen molar-refractivity contribution in [3.63, 3.8) is 0 Å². The molecule has 25 heavy (non-hydrogen) atoms. The second kappa shape index (κ2) is 6.22. The van der Waals surface area contributed by atoms with Crippen LogP contribution in [0.2, 0.25) is 0 Å². The molecule has 0 aromatic carbocycles. The van der Waals surface area contributed by atoms with Crippen LogP contribution in [-0.2, 0) is 19.9 Å². The molecule has 1 N–H and O–H groups in total. The first-order chi connectivity index (χ1) is 12.0. The number of nitrogens with zero attached hydrogens (tertiary/aromatic N) is 4. The summed E-state index contributed by atoms with van der Waals surface area (Å²) in [4.78, 5) is 23.4. The van der Waals surface area contributed by atoms with Crippen LogP contribution < -0.4 is 5.32 Å². The highest BCUT2D eigenvalue weighted by molar-refractivity contribution is 7.15. The second-order valence-corrected chi connectivity index (χ2v) is 7.71. The highest BCUT2D eigenvalue weighted by Crippen LogP contribution is 2.30. The zero-order chi connectivity index (χ0) is 17.6. The molecule has 7 heteroatoms. The summed E-state index contributed by atoms with van der Waals surface area (Å²) in [6.07, 6.45) is 5.75. The summed E-state index contributed by atoms with van der Waals surface area (Å²) < 4.78 is 1.72. The highest BCUT2D eigenvalue weighted by atomic mass is 32.1. The molecule has 1 aliphatic carbocycles. The molecule has 4 rings (SSSR count). The Labute approximate surface area is 150 Å². The molecule has 3 aromatic rings. The number of carbonyl (C=O) groups is 1. The number of hydrogen-bond donors (Lipinski definition) is 1. The zero-order valence-electron chi connectivity index (χ0n) is 14.7. The van der Waals surface area contributed by atoms with Crippen LogP contribution in [0.5, 0.6) is 0 Å². The van der Waals surface area contributed by atoms with Gasteiger partial charge in [-0.3, -0.25) is 14.8 Å². The lowest BCUT2D eigenvalue weighted by molar-refractivity contribution is 0.102. The van der Waals surface area contributed by atoms with Gasteiger partial charge in [-0.2, -0.15) is 5.10 Å². The standard InChI is InChI=1S/C18H21N5OS/c1-10-9-12(15-11(2)22-23(3)16(15)19-10)17(24)21-18-20-13-7-5-4-6-8-14(13)25-18/h9H,4-8H2,1-3H3,(H,20,21,24). The Bertz CT molecular complexity index is 948. The fraction of sp³-hybridized carbons (Fsp3) is 0.444. The summed E-state index contributed by atoms with van der Waals surface area (Å²) in [6.45, 7) is 3.80. The molecule has 3 heterocycles. The van der Waals surface area contributed by atoms with E-state index >= 15 is 0 Å². The van der Waals surface area contributed by atoms with Gasteiger partial charge >= 0.3 is 0 Å². The number of hydrogen-bond acceptors (Lipinski definition) is 5. The van der Waals surface area contributed by atoms with Gasteiger partial charge in [0.15, 0.2) is 10.8 Å². The van der Waals surface area contributed by atoms with Crippen molar-refractivity contribution in [2.75, 3.05) is 5.32 Å². The van der Waals surface area contributed by atoms with Crippen molar-refractivity contribution < 1.29 is 4.79 Å².